The van der Waals surface area contributed by atoms with E-state index in [1.807, 2.05) is 0 Å². The Kier molecular flexibility index (Phi) is 6.25. The van der Waals surface area contributed by atoms with Crippen LogP contribution in [0.15, 0.2) is 58.0 Å². The summed E-state index contributed by atoms with van der Waals surface area (Å²) in [5, 5.41) is 5.04. The summed E-state index contributed by atoms with van der Waals surface area (Å²) in [7, 11) is -3.78. The van der Waals surface area contributed by atoms with Gasteiger partial charge in [0, 0.05) is 25.4 Å². The summed E-state index contributed by atoms with van der Waals surface area (Å²) in [5.41, 5.74) is 0.244. The van der Waals surface area contributed by atoms with E-state index in [9.17, 15) is 22.4 Å². The number of amides is 2. The molecule has 4 rings (SSSR count). The SMILES string of the molecule is Cc1oc(C(=O)Nc2cc(F)ccc2NC(=O)c2ccccn2)cc1S(=O)(=O)N1CCCC1. The summed E-state index contributed by atoms with van der Waals surface area (Å²) < 4.78 is 46.3. The molecule has 11 heteroatoms. The van der Waals surface area contributed by atoms with Crippen LogP contribution in [0, 0.1) is 12.7 Å². The number of pyridine rings is 1. The van der Waals surface area contributed by atoms with Gasteiger partial charge in [0.1, 0.15) is 22.2 Å². The van der Waals surface area contributed by atoms with Crippen LogP contribution in [0.4, 0.5) is 15.8 Å². The van der Waals surface area contributed by atoms with E-state index < -0.39 is 27.7 Å². The lowest BCUT2D eigenvalue weighted by Crippen LogP contribution is -2.28. The fraction of sp³-hybridized carbons (Fsp3) is 0.227. The van der Waals surface area contributed by atoms with Crippen LogP contribution < -0.4 is 10.6 Å². The fourth-order valence-corrected chi connectivity index (χ4v) is 5.18. The highest BCUT2D eigenvalue weighted by atomic mass is 32.2. The molecule has 0 unspecified atom stereocenters. The van der Waals surface area contributed by atoms with E-state index in [0.29, 0.717) is 13.1 Å². The van der Waals surface area contributed by atoms with Crippen molar-refractivity contribution in [1.29, 1.82) is 0 Å². The topological polar surface area (TPSA) is 122 Å². The number of rotatable bonds is 6. The summed E-state index contributed by atoms with van der Waals surface area (Å²) in [6.07, 6.45) is 3.00. The molecule has 2 aromatic heterocycles. The van der Waals surface area contributed by atoms with Gasteiger partial charge in [-0.2, -0.15) is 4.31 Å². The first kappa shape index (κ1) is 22.6. The zero-order chi connectivity index (χ0) is 23.6. The summed E-state index contributed by atoms with van der Waals surface area (Å²) in [5.74, 6) is -2.16. The maximum atomic E-state index is 13.9. The van der Waals surface area contributed by atoms with E-state index in [4.69, 9.17) is 4.42 Å². The smallest absolute Gasteiger partial charge is 0.291 e. The molecule has 1 aliphatic heterocycles. The fourth-order valence-electron chi connectivity index (χ4n) is 3.50. The first-order chi connectivity index (χ1) is 15.8. The summed E-state index contributed by atoms with van der Waals surface area (Å²) in [6.45, 7) is 2.29. The maximum absolute atomic E-state index is 13.9. The van der Waals surface area contributed by atoms with Crippen molar-refractivity contribution in [3.05, 3.63) is 71.7 Å². The zero-order valence-corrected chi connectivity index (χ0v) is 18.5. The van der Waals surface area contributed by atoms with Crippen molar-refractivity contribution in [2.24, 2.45) is 0 Å². The molecule has 33 heavy (non-hydrogen) atoms. The number of hydrogen-bond donors (Lipinski definition) is 2. The van der Waals surface area contributed by atoms with Gasteiger partial charge < -0.3 is 15.1 Å². The molecule has 1 saturated heterocycles. The predicted molar refractivity (Wildman–Crippen MR) is 118 cm³/mol. The average molecular weight is 472 g/mol. The van der Waals surface area contributed by atoms with Crippen molar-refractivity contribution in [1.82, 2.24) is 9.29 Å². The molecule has 1 aliphatic rings. The lowest BCUT2D eigenvalue weighted by atomic mass is 10.2. The Morgan fingerprint density at radius 1 is 1.03 bits per heavy atom. The second kappa shape index (κ2) is 9.12. The minimum Gasteiger partial charge on any atom is -0.455 e. The molecule has 2 amide bonds. The Balaban J connectivity index is 1.57. The van der Waals surface area contributed by atoms with Crippen molar-refractivity contribution >= 4 is 33.2 Å². The highest BCUT2D eigenvalue weighted by molar-refractivity contribution is 7.89. The van der Waals surface area contributed by atoms with Crippen LogP contribution in [0.2, 0.25) is 0 Å². The Morgan fingerprint density at radius 2 is 1.76 bits per heavy atom. The van der Waals surface area contributed by atoms with E-state index in [1.54, 1.807) is 12.1 Å². The van der Waals surface area contributed by atoms with E-state index in [0.717, 1.165) is 31.0 Å². The third kappa shape index (κ3) is 4.78. The second-order valence-electron chi connectivity index (χ2n) is 7.46. The summed E-state index contributed by atoms with van der Waals surface area (Å²) in [6, 6.07) is 9.41. The Labute approximate surface area is 189 Å². The molecule has 2 N–H and O–H groups in total. The van der Waals surface area contributed by atoms with Crippen LogP contribution in [-0.4, -0.2) is 42.6 Å². The van der Waals surface area contributed by atoms with Gasteiger partial charge in [-0.1, -0.05) is 6.07 Å². The van der Waals surface area contributed by atoms with Gasteiger partial charge in [0.2, 0.25) is 10.0 Å². The summed E-state index contributed by atoms with van der Waals surface area (Å²) >= 11 is 0. The predicted octanol–water partition coefficient (Wildman–Crippen LogP) is 3.41. The van der Waals surface area contributed by atoms with Crippen LogP contribution in [0.5, 0.6) is 0 Å². The first-order valence-electron chi connectivity index (χ1n) is 10.2. The van der Waals surface area contributed by atoms with Crippen molar-refractivity contribution in [2.45, 2.75) is 24.7 Å². The van der Waals surface area contributed by atoms with Crippen LogP contribution >= 0.6 is 0 Å². The molecule has 172 valence electrons. The molecule has 0 spiro atoms. The minimum absolute atomic E-state index is 0.0257. The van der Waals surface area contributed by atoms with Gasteiger partial charge >= 0.3 is 0 Å². The number of nitrogens with zero attached hydrogens (tertiary/aromatic N) is 2. The minimum atomic E-state index is -3.78. The van der Waals surface area contributed by atoms with E-state index in [2.05, 4.69) is 15.6 Å². The molecule has 9 nitrogen and oxygen atoms in total. The van der Waals surface area contributed by atoms with Gasteiger partial charge in [0.05, 0.1) is 11.4 Å². The number of hydrogen-bond acceptors (Lipinski definition) is 6. The number of benzene rings is 1. The van der Waals surface area contributed by atoms with Crippen LogP contribution in [-0.2, 0) is 10.0 Å². The molecule has 3 aromatic rings. The number of carbonyl (C=O) groups excluding carboxylic acids is 2. The zero-order valence-electron chi connectivity index (χ0n) is 17.7. The van der Waals surface area contributed by atoms with E-state index >= 15 is 0 Å². The van der Waals surface area contributed by atoms with Gasteiger partial charge in [-0.15, -0.1) is 0 Å². The quantitative estimate of drug-likeness (QED) is 0.567. The van der Waals surface area contributed by atoms with Crippen LogP contribution in [0.1, 0.15) is 39.6 Å². The lowest BCUT2D eigenvalue weighted by molar-refractivity contribution is 0.0991. The maximum Gasteiger partial charge on any atom is 0.291 e. The van der Waals surface area contributed by atoms with E-state index in [1.165, 1.54) is 29.6 Å². The number of halogens is 1. The number of furan rings is 1. The molecule has 0 saturated carbocycles. The molecule has 0 atom stereocenters. The average Bonchev–Trinajstić information content (AvgIpc) is 3.47. The number of nitrogens with one attached hydrogen (secondary N) is 2. The Hall–Kier alpha value is -3.57. The van der Waals surface area contributed by atoms with Crippen LogP contribution in [0.3, 0.4) is 0 Å². The van der Waals surface area contributed by atoms with Gasteiger partial charge in [-0.3, -0.25) is 14.6 Å². The molecule has 0 radical (unpaired) electrons. The van der Waals surface area contributed by atoms with Crippen molar-refractivity contribution in [3.8, 4) is 0 Å². The number of anilines is 2. The van der Waals surface area contributed by atoms with Gasteiger partial charge in [-0.05, 0) is 50.1 Å². The normalized spacial score (nSPS) is 14.2. The largest absolute Gasteiger partial charge is 0.455 e. The molecule has 1 aromatic carbocycles. The molecule has 3 heterocycles. The van der Waals surface area contributed by atoms with Crippen molar-refractivity contribution in [2.75, 3.05) is 23.7 Å². The highest BCUT2D eigenvalue weighted by Crippen LogP contribution is 2.28. The molecule has 0 aliphatic carbocycles. The second-order valence-corrected chi connectivity index (χ2v) is 9.36. The number of aromatic nitrogens is 1. The van der Waals surface area contributed by atoms with Crippen LogP contribution in [0.25, 0.3) is 0 Å². The van der Waals surface area contributed by atoms with Gasteiger partial charge in [-0.25, -0.2) is 12.8 Å². The molecular formula is C22H21FN4O5S. The highest BCUT2D eigenvalue weighted by Gasteiger charge is 2.32. The van der Waals surface area contributed by atoms with Gasteiger partial charge in [0.25, 0.3) is 11.8 Å². The molecular weight excluding hydrogens is 451 g/mol. The monoisotopic (exact) mass is 472 g/mol. The Bertz CT molecular complexity index is 1300. The molecule has 0 bridgehead atoms. The number of aryl methyl sites for hydroxylation is 1. The van der Waals surface area contributed by atoms with E-state index in [-0.39, 0.29) is 33.5 Å². The van der Waals surface area contributed by atoms with Crippen molar-refractivity contribution < 1.29 is 26.8 Å². The van der Waals surface area contributed by atoms with Crippen molar-refractivity contribution in [3.63, 3.8) is 0 Å². The standard InChI is InChI=1S/C22H21FN4O5S/c1-14-20(33(30,31)27-10-4-5-11-27)13-19(32-14)22(29)26-18-12-15(23)7-8-16(18)25-21(28)17-6-2-3-9-24-17/h2-3,6-9,12-13H,4-5,10-11H2,1H3,(H,25,28)(H,26,29). The summed E-state index contributed by atoms with van der Waals surface area (Å²) in [4.78, 5) is 29.1. The number of sulfonamides is 1. The molecule has 1 fully saturated rings. The van der Waals surface area contributed by atoms with Gasteiger partial charge in [0.15, 0.2) is 5.76 Å². The number of carbonyl (C=O) groups is 2. The third-order valence-corrected chi connectivity index (χ3v) is 7.16. The lowest BCUT2D eigenvalue weighted by Gasteiger charge is -2.14. The third-order valence-electron chi connectivity index (χ3n) is 5.15. The Morgan fingerprint density at radius 3 is 2.45 bits per heavy atom. The first-order valence-corrected chi connectivity index (χ1v) is 11.6.